The van der Waals surface area contributed by atoms with Crippen molar-refractivity contribution in [1.29, 1.82) is 0 Å². The zero-order valence-electron chi connectivity index (χ0n) is 26.0. The molecule has 3 aromatic heterocycles. The third kappa shape index (κ3) is 6.13. The number of pyridine rings is 2. The zero-order valence-corrected chi connectivity index (χ0v) is 26.0. The Labute approximate surface area is 279 Å². The summed E-state index contributed by atoms with van der Waals surface area (Å²) in [4.78, 5) is 23.3. The van der Waals surface area contributed by atoms with Gasteiger partial charge in [-0.2, -0.15) is 0 Å². The fraction of sp³-hybridized carbons (Fsp3) is 0. The first-order valence-corrected chi connectivity index (χ1v) is 15.8. The summed E-state index contributed by atoms with van der Waals surface area (Å²) >= 11 is 0. The normalized spacial score (nSPS) is 10.9. The van der Waals surface area contributed by atoms with Crippen molar-refractivity contribution >= 4 is 0 Å². The zero-order chi connectivity index (χ0) is 32.1. The lowest BCUT2D eigenvalue weighted by Crippen LogP contribution is -2.00. The predicted octanol–water partition coefficient (Wildman–Crippen LogP) is 10.3. The number of benzene rings is 5. The fourth-order valence-corrected chi connectivity index (χ4v) is 5.87. The van der Waals surface area contributed by atoms with E-state index in [4.69, 9.17) is 15.0 Å². The summed E-state index contributed by atoms with van der Waals surface area (Å²) in [6, 6.07) is 52.6. The van der Waals surface area contributed by atoms with Crippen molar-refractivity contribution in [2.24, 2.45) is 0 Å². The molecule has 0 radical (unpaired) electrons. The maximum absolute atomic E-state index is 5.01. The summed E-state index contributed by atoms with van der Waals surface area (Å²) in [5, 5.41) is 0. The van der Waals surface area contributed by atoms with Gasteiger partial charge in [-0.05, 0) is 99.1 Å². The van der Waals surface area contributed by atoms with Crippen LogP contribution in [0.15, 0.2) is 176 Å². The molecule has 0 aliphatic carbocycles. The van der Waals surface area contributed by atoms with Crippen LogP contribution in [0.2, 0.25) is 0 Å². The van der Waals surface area contributed by atoms with Crippen molar-refractivity contribution in [2.45, 2.75) is 0 Å². The summed E-state index contributed by atoms with van der Waals surface area (Å²) in [7, 11) is 0. The van der Waals surface area contributed by atoms with Gasteiger partial charge in [-0.15, -0.1) is 0 Å². The number of hydrogen-bond acceptors (Lipinski definition) is 5. The van der Waals surface area contributed by atoms with Gasteiger partial charge in [0.15, 0.2) is 17.5 Å². The van der Waals surface area contributed by atoms with Gasteiger partial charge < -0.3 is 0 Å². The molecule has 5 nitrogen and oxygen atoms in total. The highest BCUT2D eigenvalue weighted by molar-refractivity contribution is 5.83. The molecule has 3 heterocycles. The summed E-state index contributed by atoms with van der Waals surface area (Å²) in [5.41, 5.74) is 11.7. The molecule has 5 heteroatoms. The molecule has 0 spiro atoms. The molecule has 8 rings (SSSR count). The Kier molecular flexibility index (Phi) is 7.83. The van der Waals surface area contributed by atoms with Crippen molar-refractivity contribution in [3.05, 3.63) is 176 Å². The lowest BCUT2D eigenvalue weighted by molar-refractivity contribution is 1.07. The number of hydrogen-bond donors (Lipinski definition) is 0. The maximum Gasteiger partial charge on any atom is 0.164 e. The molecule has 0 bridgehead atoms. The lowest BCUT2D eigenvalue weighted by atomic mass is 9.93. The average molecular weight is 616 g/mol. The average Bonchev–Trinajstić information content (AvgIpc) is 3.19. The van der Waals surface area contributed by atoms with E-state index in [1.807, 2.05) is 36.4 Å². The Balaban J connectivity index is 1.28. The van der Waals surface area contributed by atoms with Gasteiger partial charge in [0.1, 0.15) is 0 Å². The Hall–Kier alpha value is -6.59. The Bertz CT molecular complexity index is 2270. The van der Waals surface area contributed by atoms with Crippen molar-refractivity contribution in [3.8, 4) is 78.7 Å². The Morgan fingerprint density at radius 1 is 0.229 bits per heavy atom. The molecule has 0 saturated heterocycles. The van der Waals surface area contributed by atoms with Gasteiger partial charge in [0, 0.05) is 41.5 Å². The van der Waals surface area contributed by atoms with Crippen LogP contribution in [0, 0.1) is 0 Å². The van der Waals surface area contributed by atoms with E-state index in [9.17, 15) is 0 Å². The molecule has 0 atom stereocenters. The Morgan fingerprint density at radius 3 is 1.02 bits per heavy atom. The second-order valence-electron chi connectivity index (χ2n) is 11.5. The van der Waals surface area contributed by atoms with Crippen LogP contribution in [0.4, 0.5) is 0 Å². The van der Waals surface area contributed by atoms with Crippen LogP contribution in [0.3, 0.4) is 0 Å². The SMILES string of the molecule is c1ccc(-c2cccc(-c3cccc(-c4cc(-c5ccccc5)cc(-c5nc(-c6ccncc6)nc(-c6ccncc6)n5)c4)c3)c2)cc1. The monoisotopic (exact) mass is 615 g/mol. The van der Waals surface area contributed by atoms with E-state index in [0.717, 1.165) is 44.5 Å². The van der Waals surface area contributed by atoms with Crippen molar-refractivity contribution in [1.82, 2.24) is 24.9 Å². The summed E-state index contributed by atoms with van der Waals surface area (Å²) in [6.07, 6.45) is 7.01. The van der Waals surface area contributed by atoms with Crippen LogP contribution in [-0.2, 0) is 0 Å². The molecular formula is C43H29N5. The molecule has 8 aromatic rings. The molecule has 0 saturated carbocycles. The van der Waals surface area contributed by atoms with Crippen LogP contribution in [0.25, 0.3) is 78.7 Å². The number of rotatable bonds is 7. The maximum atomic E-state index is 5.01. The minimum atomic E-state index is 0.584. The topological polar surface area (TPSA) is 64.5 Å². The van der Waals surface area contributed by atoms with Gasteiger partial charge in [-0.1, -0.05) is 97.1 Å². The van der Waals surface area contributed by atoms with E-state index < -0.39 is 0 Å². The highest BCUT2D eigenvalue weighted by atomic mass is 15.0. The second-order valence-corrected chi connectivity index (χ2v) is 11.5. The molecule has 0 unspecified atom stereocenters. The molecule has 0 aliphatic rings. The molecule has 0 fully saturated rings. The predicted molar refractivity (Wildman–Crippen MR) is 193 cm³/mol. The van der Waals surface area contributed by atoms with E-state index in [-0.39, 0.29) is 0 Å². The Morgan fingerprint density at radius 2 is 0.542 bits per heavy atom. The van der Waals surface area contributed by atoms with Gasteiger partial charge in [-0.25, -0.2) is 15.0 Å². The molecule has 5 aromatic carbocycles. The van der Waals surface area contributed by atoms with Crippen LogP contribution in [0.1, 0.15) is 0 Å². The highest BCUT2D eigenvalue weighted by Crippen LogP contribution is 2.35. The minimum Gasteiger partial charge on any atom is -0.265 e. The lowest BCUT2D eigenvalue weighted by Gasteiger charge is -2.13. The van der Waals surface area contributed by atoms with E-state index >= 15 is 0 Å². The molecular weight excluding hydrogens is 587 g/mol. The quantitative estimate of drug-likeness (QED) is 0.178. The van der Waals surface area contributed by atoms with Crippen molar-refractivity contribution < 1.29 is 0 Å². The first-order valence-electron chi connectivity index (χ1n) is 15.8. The van der Waals surface area contributed by atoms with E-state index in [1.165, 1.54) is 16.7 Å². The van der Waals surface area contributed by atoms with Gasteiger partial charge >= 0.3 is 0 Å². The third-order valence-corrected chi connectivity index (χ3v) is 8.31. The first kappa shape index (κ1) is 28.9. The molecule has 48 heavy (non-hydrogen) atoms. The van der Waals surface area contributed by atoms with E-state index in [0.29, 0.717) is 17.5 Å². The fourth-order valence-electron chi connectivity index (χ4n) is 5.87. The van der Waals surface area contributed by atoms with Crippen molar-refractivity contribution in [2.75, 3.05) is 0 Å². The van der Waals surface area contributed by atoms with Gasteiger partial charge in [0.05, 0.1) is 0 Å². The smallest absolute Gasteiger partial charge is 0.164 e. The van der Waals surface area contributed by atoms with E-state index in [1.54, 1.807) is 24.8 Å². The van der Waals surface area contributed by atoms with Crippen LogP contribution in [0.5, 0.6) is 0 Å². The molecule has 0 N–H and O–H groups in total. The number of aromatic nitrogens is 5. The van der Waals surface area contributed by atoms with Gasteiger partial charge in [0.2, 0.25) is 0 Å². The first-order chi connectivity index (χ1) is 23.8. The van der Waals surface area contributed by atoms with Gasteiger partial charge in [-0.3, -0.25) is 9.97 Å². The second kappa shape index (κ2) is 13.0. The van der Waals surface area contributed by atoms with Gasteiger partial charge in [0.25, 0.3) is 0 Å². The summed E-state index contributed by atoms with van der Waals surface area (Å²) < 4.78 is 0. The standard InChI is InChI=1S/C43H29N5/c1-3-9-30(10-4-1)34-13-7-14-35(25-34)36-15-8-16-37(26-36)39-27-38(31-11-5-2-6-12-31)28-40(29-39)43-47-41(32-17-21-44-22-18-32)46-42(48-43)33-19-23-45-24-20-33/h1-29H. The summed E-state index contributed by atoms with van der Waals surface area (Å²) in [6.45, 7) is 0. The minimum absolute atomic E-state index is 0.584. The third-order valence-electron chi connectivity index (χ3n) is 8.31. The van der Waals surface area contributed by atoms with E-state index in [2.05, 4.69) is 125 Å². The van der Waals surface area contributed by atoms with Crippen molar-refractivity contribution in [3.63, 3.8) is 0 Å². The number of nitrogens with zero attached hydrogens (tertiary/aromatic N) is 5. The molecule has 0 amide bonds. The summed E-state index contributed by atoms with van der Waals surface area (Å²) in [5.74, 6) is 1.76. The van der Waals surface area contributed by atoms with Crippen LogP contribution in [-0.4, -0.2) is 24.9 Å². The van der Waals surface area contributed by atoms with Crippen LogP contribution >= 0.6 is 0 Å². The van der Waals surface area contributed by atoms with Crippen LogP contribution < -0.4 is 0 Å². The molecule has 0 aliphatic heterocycles. The highest BCUT2D eigenvalue weighted by Gasteiger charge is 2.15. The molecule has 226 valence electrons. The largest absolute Gasteiger partial charge is 0.265 e.